The van der Waals surface area contributed by atoms with Gasteiger partial charge in [-0.05, 0) is 51.2 Å². The third-order valence-corrected chi connectivity index (χ3v) is 4.29. The minimum atomic E-state index is -0.514. The minimum Gasteiger partial charge on any atom is -0.481 e. The van der Waals surface area contributed by atoms with Crippen LogP contribution in [0.15, 0.2) is 24.3 Å². The monoisotopic (exact) mass is 339 g/mol. The zero-order chi connectivity index (χ0) is 16.7. The number of carbonyl (C=O) groups is 1. The predicted octanol–water partition coefficient (Wildman–Crippen LogP) is 1.86. The van der Waals surface area contributed by atoms with E-state index in [2.05, 4.69) is 22.2 Å². The van der Waals surface area contributed by atoms with E-state index in [1.54, 1.807) is 31.2 Å². The molecule has 1 heterocycles. The molecule has 5 nitrogen and oxygen atoms in total. The van der Waals surface area contributed by atoms with Crippen molar-refractivity contribution in [2.45, 2.75) is 19.4 Å². The molecule has 23 heavy (non-hydrogen) atoms. The van der Waals surface area contributed by atoms with Crippen LogP contribution in [-0.2, 0) is 4.79 Å². The molecular formula is C17H26ClN3O2. The number of hydrogen-bond donors (Lipinski definition) is 1. The lowest BCUT2D eigenvalue weighted by Crippen LogP contribution is -2.45. The van der Waals surface area contributed by atoms with Gasteiger partial charge in [0.05, 0.1) is 0 Å². The molecule has 128 valence electrons. The molecule has 1 amide bonds. The summed E-state index contributed by atoms with van der Waals surface area (Å²) >= 11 is 5.83. The summed E-state index contributed by atoms with van der Waals surface area (Å²) in [7, 11) is 2.15. The van der Waals surface area contributed by atoms with E-state index in [1.165, 1.54) is 0 Å². The van der Waals surface area contributed by atoms with E-state index in [0.717, 1.165) is 39.1 Å². The number of amides is 1. The van der Waals surface area contributed by atoms with Gasteiger partial charge >= 0.3 is 0 Å². The number of nitrogens with one attached hydrogen (secondary N) is 1. The van der Waals surface area contributed by atoms with E-state index >= 15 is 0 Å². The molecule has 0 aliphatic carbocycles. The Hall–Kier alpha value is -1.30. The Bertz CT molecular complexity index is 487. The first kappa shape index (κ1) is 18.0. The SMILES string of the molecule is C[C@H](Oc1ccc(Cl)cc1)C(=O)NCCCN1CCN(C)CC1. The molecule has 1 aliphatic heterocycles. The highest BCUT2D eigenvalue weighted by Crippen LogP contribution is 2.16. The molecule has 0 aromatic heterocycles. The van der Waals surface area contributed by atoms with Crippen molar-refractivity contribution >= 4 is 17.5 Å². The van der Waals surface area contributed by atoms with E-state index in [9.17, 15) is 4.79 Å². The van der Waals surface area contributed by atoms with E-state index in [0.29, 0.717) is 17.3 Å². The van der Waals surface area contributed by atoms with Gasteiger partial charge in [-0.3, -0.25) is 4.79 Å². The van der Waals surface area contributed by atoms with Crippen LogP contribution < -0.4 is 10.1 Å². The summed E-state index contributed by atoms with van der Waals surface area (Å²) in [5, 5.41) is 3.59. The zero-order valence-electron chi connectivity index (χ0n) is 13.9. The molecule has 1 aliphatic rings. The average molecular weight is 340 g/mol. The fourth-order valence-corrected chi connectivity index (χ4v) is 2.63. The molecule has 0 radical (unpaired) electrons. The molecule has 1 aromatic carbocycles. The molecule has 1 fully saturated rings. The third kappa shape index (κ3) is 6.37. The third-order valence-electron chi connectivity index (χ3n) is 4.04. The van der Waals surface area contributed by atoms with Gasteiger partial charge in [0.15, 0.2) is 6.10 Å². The lowest BCUT2D eigenvalue weighted by Gasteiger charge is -2.32. The lowest BCUT2D eigenvalue weighted by atomic mass is 10.3. The fourth-order valence-electron chi connectivity index (χ4n) is 2.50. The Balaban J connectivity index is 1.61. The van der Waals surface area contributed by atoms with Gasteiger partial charge in [-0.15, -0.1) is 0 Å². The quantitative estimate of drug-likeness (QED) is 0.770. The summed E-state index contributed by atoms with van der Waals surface area (Å²) in [6.07, 6.45) is 0.447. The van der Waals surface area contributed by atoms with Crippen molar-refractivity contribution in [1.29, 1.82) is 0 Å². The Morgan fingerprint density at radius 3 is 2.57 bits per heavy atom. The molecule has 0 unspecified atom stereocenters. The normalized spacial score (nSPS) is 17.7. The zero-order valence-corrected chi connectivity index (χ0v) is 14.7. The van der Waals surface area contributed by atoms with Gasteiger partial charge in [-0.2, -0.15) is 0 Å². The van der Waals surface area contributed by atoms with Crippen molar-refractivity contribution in [3.63, 3.8) is 0 Å². The van der Waals surface area contributed by atoms with Crippen molar-refractivity contribution in [2.75, 3.05) is 46.3 Å². The number of benzene rings is 1. The van der Waals surface area contributed by atoms with Crippen LogP contribution in [0.25, 0.3) is 0 Å². The van der Waals surface area contributed by atoms with Crippen LogP contribution in [0.5, 0.6) is 5.75 Å². The number of nitrogens with zero attached hydrogens (tertiary/aromatic N) is 2. The molecule has 1 atom stereocenters. The van der Waals surface area contributed by atoms with E-state index < -0.39 is 6.10 Å². The maximum absolute atomic E-state index is 12.0. The maximum Gasteiger partial charge on any atom is 0.260 e. The van der Waals surface area contributed by atoms with Gasteiger partial charge in [0.2, 0.25) is 0 Å². The van der Waals surface area contributed by atoms with Gasteiger partial charge in [0.1, 0.15) is 5.75 Å². The summed E-state index contributed by atoms with van der Waals surface area (Å²) < 4.78 is 5.60. The molecule has 1 aromatic rings. The van der Waals surface area contributed by atoms with Crippen LogP contribution in [0.3, 0.4) is 0 Å². The molecule has 0 saturated carbocycles. The van der Waals surface area contributed by atoms with E-state index in [4.69, 9.17) is 16.3 Å². The predicted molar refractivity (Wildman–Crippen MR) is 93.1 cm³/mol. The Morgan fingerprint density at radius 2 is 1.91 bits per heavy atom. The van der Waals surface area contributed by atoms with Crippen molar-refractivity contribution in [1.82, 2.24) is 15.1 Å². The first-order valence-electron chi connectivity index (χ1n) is 8.15. The number of halogens is 1. The second-order valence-corrected chi connectivity index (χ2v) is 6.44. The fraction of sp³-hybridized carbons (Fsp3) is 0.588. The van der Waals surface area contributed by atoms with Crippen molar-refractivity contribution in [2.24, 2.45) is 0 Å². The van der Waals surface area contributed by atoms with Crippen molar-refractivity contribution in [3.05, 3.63) is 29.3 Å². The molecule has 2 rings (SSSR count). The Morgan fingerprint density at radius 1 is 1.26 bits per heavy atom. The highest BCUT2D eigenvalue weighted by molar-refractivity contribution is 6.30. The molecular weight excluding hydrogens is 314 g/mol. The minimum absolute atomic E-state index is 0.0849. The number of piperazine rings is 1. The molecule has 1 saturated heterocycles. The first-order chi connectivity index (χ1) is 11.0. The van der Waals surface area contributed by atoms with Crippen LogP contribution in [0.1, 0.15) is 13.3 Å². The first-order valence-corrected chi connectivity index (χ1v) is 8.53. The van der Waals surface area contributed by atoms with Crippen LogP contribution in [-0.4, -0.2) is 68.1 Å². The highest BCUT2D eigenvalue weighted by atomic mass is 35.5. The summed E-state index contributed by atoms with van der Waals surface area (Å²) in [6, 6.07) is 7.02. The number of ether oxygens (including phenoxy) is 1. The van der Waals surface area contributed by atoms with Gasteiger partial charge in [-0.25, -0.2) is 0 Å². The topological polar surface area (TPSA) is 44.8 Å². The smallest absolute Gasteiger partial charge is 0.260 e. The Labute approximate surface area is 143 Å². The van der Waals surface area contributed by atoms with Gasteiger partial charge in [0, 0.05) is 37.7 Å². The second-order valence-electron chi connectivity index (χ2n) is 6.00. The van der Waals surface area contributed by atoms with Crippen molar-refractivity contribution < 1.29 is 9.53 Å². The van der Waals surface area contributed by atoms with Gasteiger partial charge in [-0.1, -0.05) is 11.6 Å². The van der Waals surface area contributed by atoms with Gasteiger partial charge in [0.25, 0.3) is 5.91 Å². The van der Waals surface area contributed by atoms with E-state index in [1.807, 2.05) is 0 Å². The van der Waals surface area contributed by atoms with Crippen molar-refractivity contribution in [3.8, 4) is 5.75 Å². The van der Waals surface area contributed by atoms with Crippen LogP contribution >= 0.6 is 11.6 Å². The van der Waals surface area contributed by atoms with Crippen LogP contribution in [0.4, 0.5) is 0 Å². The second kappa shape index (κ2) is 9.11. The Kier molecular flexibility index (Phi) is 7.15. The summed E-state index contributed by atoms with van der Waals surface area (Å²) in [5.74, 6) is 0.563. The largest absolute Gasteiger partial charge is 0.481 e. The summed E-state index contributed by atoms with van der Waals surface area (Å²) in [5.41, 5.74) is 0. The van der Waals surface area contributed by atoms with E-state index in [-0.39, 0.29) is 5.91 Å². The summed E-state index contributed by atoms with van der Waals surface area (Å²) in [6.45, 7) is 7.93. The molecule has 6 heteroatoms. The molecule has 0 bridgehead atoms. The number of likely N-dealkylation sites (N-methyl/N-ethyl adjacent to an activating group) is 1. The highest BCUT2D eigenvalue weighted by Gasteiger charge is 2.15. The maximum atomic E-state index is 12.0. The van der Waals surface area contributed by atoms with Crippen LogP contribution in [0, 0.1) is 0 Å². The number of rotatable bonds is 7. The number of carbonyl (C=O) groups excluding carboxylic acids is 1. The number of hydrogen-bond acceptors (Lipinski definition) is 4. The van der Waals surface area contributed by atoms with Crippen LogP contribution in [0.2, 0.25) is 5.02 Å². The lowest BCUT2D eigenvalue weighted by molar-refractivity contribution is -0.127. The molecule has 1 N–H and O–H groups in total. The summed E-state index contributed by atoms with van der Waals surface area (Å²) in [4.78, 5) is 16.8. The molecule has 0 spiro atoms. The standard InChI is InChI=1S/C17H26ClN3O2/c1-14(23-16-6-4-15(18)5-7-16)17(22)19-8-3-9-21-12-10-20(2)11-13-21/h4-7,14H,3,8-13H2,1-2H3,(H,19,22)/t14-/m0/s1. The van der Waals surface area contributed by atoms with Gasteiger partial charge < -0.3 is 19.9 Å². The average Bonchev–Trinajstić information content (AvgIpc) is 2.55.